The highest BCUT2D eigenvalue weighted by Crippen LogP contribution is 2.26. The van der Waals surface area contributed by atoms with Gasteiger partial charge in [0.15, 0.2) is 5.13 Å². The molecule has 0 fully saturated rings. The molecule has 13 heavy (non-hydrogen) atoms. The third-order valence-electron chi connectivity index (χ3n) is 1.30. The van der Waals surface area contributed by atoms with Crippen molar-refractivity contribution in [2.75, 3.05) is 5.73 Å². The molecule has 0 saturated heterocycles. The predicted octanol–water partition coefficient (Wildman–Crippen LogP) is 2.21. The molecule has 0 amide bonds. The maximum Gasteiger partial charge on any atom is 0.180 e. The zero-order valence-electron chi connectivity index (χ0n) is 6.56. The number of thiophene rings is 1. The summed E-state index contributed by atoms with van der Waals surface area (Å²) in [7, 11) is 0. The van der Waals surface area contributed by atoms with E-state index in [1.54, 1.807) is 11.3 Å². The van der Waals surface area contributed by atoms with Gasteiger partial charge in [-0.15, -0.1) is 39.7 Å². The van der Waals surface area contributed by atoms with Crippen molar-refractivity contribution in [3.05, 3.63) is 22.9 Å². The molecule has 2 aromatic rings. The fourth-order valence-electron chi connectivity index (χ4n) is 0.825. The molecule has 0 aromatic carbocycles. The van der Waals surface area contributed by atoms with Crippen LogP contribution in [0.4, 0.5) is 5.13 Å². The van der Waals surface area contributed by atoms with Crippen LogP contribution in [0.2, 0.25) is 0 Å². The van der Waals surface area contributed by atoms with E-state index in [1.165, 1.54) is 16.2 Å². The molecule has 2 aromatic heterocycles. The fourth-order valence-corrected chi connectivity index (χ4v) is 2.15. The van der Waals surface area contributed by atoms with E-state index in [2.05, 4.69) is 4.98 Å². The second-order valence-electron chi connectivity index (χ2n) is 2.05. The molecule has 0 aliphatic carbocycles. The standard InChI is InChI=1S/C7H6N2S2.BrH.H2O/c8-7-9-5(4-11-7)6-2-1-3-10-6;;/h1-4H,(H2,8,9);1H;1H2. The Morgan fingerprint density at radius 3 is 2.54 bits per heavy atom. The molecular formula is C7H9BrN2OS2. The minimum atomic E-state index is 0. The van der Waals surface area contributed by atoms with Crippen molar-refractivity contribution in [3.8, 4) is 10.6 Å². The summed E-state index contributed by atoms with van der Waals surface area (Å²) in [5.74, 6) is 0. The van der Waals surface area contributed by atoms with Gasteiger partial charge in [-0.2, -0.15) is 0 Å². The Kier molecular flexibility index (Phi) is 5.16. The molecule has 0 aliphatic heterocycles. The number of rotatable bonds is 1. The average Bonchev–Trinajstić information content (AvgIpc) is 2.55. The highest BCUT2D eigenvalue weighted by Gasteiger charge is 2.01. The lowest BCUT2D eigenvalue weighted by Gasteiger charge is -1.84. The van der Waals surface area contributed by atoms with E-state index in [-0.39, 0.29) is 22.5 Å². The zero-order valence-corrected chi connectivity index (χ0v) is 9.90. The fraction of sp³-hybridized carbons (Fsp3) is 0. The van der Waals surface area contributed by atoms with Crippen LogP contribution in [0, 0.1) is 0 Å². The second-order valence-corrected chi connectivity index (χ2v) is 3.89. The number of thiazole rings is 1. The van der Waals surface area contributed by atoms with Gasteiger partial charge in [0, 0.05) is 5.38 Å². The van der Waals surface area contributed by atoms with Crippen molar-refractivity contribution in [2.45, 2.75) is 0 Å². The molecular weight excluding hydrogens is 272 g/mol. The van der Waals surface area contributed by atoms with Crippen LogP contribution in [-0.4, -0.2) is 10.5 Å². The number of halogens is 1. The van der Waals surface area contributed by atoms with Gasteiger partial charge in [0.25, 0.3) is 0 Å². The van der Waals surface area contributed by atoms with E-state index in [9.17, 15) is 0 Å². The molecule has 2 heterocycles. The molecule has 0 unspecified atom stereocenters. The molecule has 4 N–H and O–H groups in total. The van der Waals surface area contributed by atoms with E-state index < -0.39 is 0 Å². The summed E-state index contributed by atoms with van der Waals surface area (Å²) in [4.78, 5) is 5.34. The monoisotopic (exact) mass is 280 g/mol. The van der Waals surface area contributed by atoms with Crippen LogP contribution in [0.25, 0.3) is 10.6 Å². The molecule has 0 radical (unpaired) electrons. The number of aromatic nitrogens is 1. The first-order valence-electron chi connectivity index (χ1n) is 3.11. The molecule has 3 nitrogen and oxygen atoms in total. The van der Waals surface area contributed by atoms with Crippen LogP contribution < -0.4 is 5.73 Å². The Morgan fingerprint density at radius 1 is 1.31 bits per heavy atom. The smallest absolute Gasteiger partial charge is 0.180 e. The first-order valence-corrected chi connectivity index (χ1v) is 4.87. The van der Waals surface area contributed by atoms with E-state index in [1.807, 2.05) is 22.9 Å². The number of hydrogen-bond donors (Lipinski definition) is 1. The van der Waals surface area contributed by atoms with Gasteiger partial charge in [0.05, 0.1) is 10.6 Å². The highest BCUT2D eigenvalue weighted by atomic mass is 79.9. The van der Waals surface area contributed by atoms with Gasteiger partial charge in [-0.1, -0.05) is 6.07 Å². The van der Waals surface area contributed by atoms with E-state index in [0.717, 1.165) is 5.69 Å². The van der Waals surface area contributed by atoms with Gasteiger partial charge in [-0.3, -0.25) is 0 Å². The molecule has 72 valence electrons. The third kappa shape index (κ3) is 2.77. The van der Waals surface area contributed by atoms with Gasteiger partial charge in [-0.25, -0.2) is 4.98 Å². The summed E-state index contributed by atoms with van der Waals surface area (Å²) >= 11 is 3.15. The number of anilines is 1. The SMILES string of the molecule is Br.Nc1nc(-c2cccs2)cs1.O. The van der Waals surface area contributed by atoms with Crippen LogP contribution in [0.3, 0.4) is 0 Å². The zero-order chi connectivity index (χ0) is 7.68. The largest absolute Gasteiger partial charge is 0.412 e. The van der Waals surface area contributed by atoms with E-state index in [0.29, 0.717) is 5.13 Å². The molecule has 0 spiro atoms. The number of nitrogens with zero attached hydrogens (tertiary/aromatic N) is 1. The Bertz CT molecular complexity index is 347. The topological polar surface area (TPSA) is 70.4 Å². The Hall–Kier alpha value is -0.430. The molecule has 0 saturated carbocycles. The van der Waals surface area contributed by atoms with Crippen molar-refractivity contribution in [2.24, 2.45) is 0 Å². The molecule has 2 rings (SSSR count). The molecule has 0 atom stereocenters. The van der Waals surface area contributed by atoms with Crippen molar-refractivity contribution >= 4 is 44.8 Å². The first-order chi connectivity index (χ1) is 5.36. The van der Waals surface area contributed by atoms with Crippen molar-refractivity contribution in [3.63, 3.8) is 0 Å². The second kappa shape index (κ2) is 5.33. The van der Waals surface area contributed by atoms with Crippen LogP contribution >= 0.6 is 39.7 Å². The van der Waals surface area contributed by atoms with Gasteiger partial charge in [0.2, 0.25) is 0 Å². The molecule has 0 aliphatic rings. The van der Waals surface area contributed by atoms with Crippen molar-refractivity contribution < 1.29 is 5.48 Å². The summed E-state index contributed by atoms with van der Waals surface area (Å²) in [5, 5.41) is 4.64. The molecule has 6 heteroatoms. The van der Waals surface area contributed by atoms with Crippen LogP contribution in [0.1, 0.15) is 0 Å². The first kappa shape index (κ1) is 12.6. The minimum Gasteiger partial charge on any atom is -0.412 e. The molecule has 0 bridgehead atoms. The third-order valence-corrected chi connectivity index (χ3v) is 2.86. The summed E-state index contributed by atoms with van der Waals surface area (Å²) in [6.45, 7) is 0. The number of hydrogen-bond acceptors (Lipinski definition) is 4. The van der Waals surface area contributed by atoms with Gasteiger partial charge < -0.3 is 11.2 Å². The van der Waals surface area contributed by atoms with Crippen molar-refractivity contribution in [1.29, 1.82) is 0 Å². The quantitative estimate of drug-likeness (QED) is 0.870. The van der Waals surface area contributed by atoms with Crippen LogP contribution in [-0.2, 0) is 0 Å². The predicted molar refractivity (Wildman–Crippen MR) is 63.8 cm³/mol. The van der Waals surface area contributed by atoms with Gasteiger partial charge in [-0.05, 0) is 11.4 Å². The van der Waals surface area contributed by atoms with Gasteiger partial charge >= 0.3 is 0 Å². The average molecular weight is 281 g/mol. The number of nitrogen functional groups attached to an aromatic ring is 1. The Labute approximate surface area is 94.3 Å². The lowest BCUT2D eigenvalue weighted by atomic mass is 10.4. The minimum absolute atomic E-state index is 0. The Balaban J connectivity index is 0.000000720. The summed E-state index contributed by atoms with van der Waals surface area (Å²) < 4.78 is 0. The van der Waals surface area contributed by atoms with Crippen molar-refractivity contribution in [1.82, 2.24) is 4.98 Å². The summed E-state index contributed by atoms with van der Waals surface area (Å²) in [6, 6.07) is 4.05. The van der Waals surface area contributed by atoms with Gasteiger partial charge in [0.1, 0.15) is 0 Å². The lowest BCUT2D eigenvalue weighted by Crippen LogP contribution is -1.80. The maximum absolute atomic E-state index is 5.50. The number of nitrogens with two attached hydrogens (primary N) is 1. The van der Waals surface area contributed by atoms with Crippen LogP contribution in [0.15, 0.2) is 22.9 Å². The normalized spacial score (nSPS) is 8.62. The summed E-state index contributed by atoms with van der Waals surface area (Å²) in [5.41, 5.74) is 6.49. The van der Waals surface area contributed by atoms with Crippen LogP contribution in [0.5, 0.6) is 0 Å². The van der Waals surface area contributed by atoms with E-state index >= 15 is 0 Å². The highest BCUT2D eigenvalue weighted by molar-refractivity contribution is 8.93. The Morgan fingerprint density at radius 2 is 2.08 bits per heavy atom. The summed E-state index contributed by atoms with van der Waals surface area (Å²) in [6.07, 6.45) is 0. The van der Waals surface area contributed by atoms with E-state index in [4.69, 9.17) is 5.73 Å². The maximum atomic E-state index is 5.50. The lowest BCUT2D eigenvalue weighted by molar-refractivity contribution is 0.824.